The molecule has 0 amide bonds. The van der Waals surface area contributed by atoms with E-state index in [1.807, 2.05) is 19.9 Å². The lowest BCUT2D eigenvalue weighted by molar-refractivity contribution is -0.138. The molecule has 0 saturated carbocycles. The summed E-state index contributed by atoms with van der Waals surface area (Å²) >= 11 is 0. The Bertz CT molecular complexity index is 449. The summed E-state index contributed by atoms with van der Waals surface area (Å²) in [5.41, 5.74) is 0.992. The molecule has 0 atom stereocenters. The van der Waals surface area contributed by atoms with E-state index in [1.54, 1.807) is 18.2 Å². The number of carbonyl (C=O) groups is 2. The van der Waals surface area contributed by atoms with E-state index in [1.165, 1.54) is 0 Å². The van der Waals surface area contributed by atoms with Gasteiger partial charge in [0.15, 0.2) is 0 Å². The topological polar surface area (TPSA) is 52.6 Å². The summed E-state index contributed by atoms with van der Waals surface area (Å²) in [7, 11) is 0. The quantitative estimate of drug-likeness (QED) is 0.456. The van der Waals surface area contributed by atoms with Crippen molar-refractivity contribution in [3.8, 4) is 5.75 Å². The standard InChI is InChI=1S/C14H16O4/c1-3-9-17-13(15)7-8-14(16)18-12-6-4-5-11(2)10-12/h4-8,10H,3,9H2,1-2H3/b8-7+. The fraction of sp³-hybridized carbons (Fsp3) is 0.286. The van der Waals surface area contributed by atoms with Gasteiger partial charge in [-0.25, -0.2) is 9.59 Å². The van der Waals surface area contributed by atoms with Gasteiger partial charge in [-0.2, -0.15) is 0 Å². The summed E-state index contributed by atoms with van der Waals surface area (Å²) in [4.78, 5) is 22.5. The van der Waals surface area contributed by atoms with E-state index in [9.17, 15) is 9.59 Å². The number of carbonyl (C=O) groups excluding carboxylic acids is 2. The SMILES string of the molecule is CCCOC(=O)/C=C/C(=O)Oc1cccc(C)c1. The predicted molar refractivity (Wildman–Crippen MR) is 67.2 cm³/mol. The van der Waals surface area contributed by atoms with E-state index in [0.717, 1.165) is 24.1 Å². The molecule has 1 aromatic carbocycles. The van der Waals surface area contributed by atoms with E-state index in [-0.39, 0.29) is 0 Å². The maximum Gasteiger partial charge on any atom is 0.336 e. The van der Waals surface area contributed by atoms with Crippen LogP contribution >= 0.6 is 0 Å². The van der Waals surface area contributed by atoms with Gasteiger partial charge in [0, 0.05) is 12.2 Å². The number of ether oxygens (including phenoxy) is 2. The van der Waals surface area contributed by atoms with Crippen LogP contribution in [-0.2, 0) is 14.3 Å². The van der Waals surface area contributed by atoms with Gasteiger partial charge in [-0.05, 0) is 31.0 Å². The molecule has 1 rings (SSSR count). The fourth-order valence-corrected chi connectivity index (χ4v) is 1.22. The van der Waals surface area contributed by atoms with E-state index < -0.39 is 11.9 Å². The Balaban J connectivity index is 2.46. The molecule has 4 nitrogen and oxygen atoms in total. The molecule has 0 fully saturated rings. The zero-order valence-electron chi connectivity index (χ0n) is 10.5. The summed E-state index contributed by atoms with van der Waals surface area (Å²) in [6.45, 7) is 4.13. The molecule has 1 aromatic rings. The van der Waals surface area contributed by atoms with E-state index in [2.05, 4.69) is 0 Å². The zero-order chi connectivity index (χ0) is 13.4. The van der Waals surface area contributed by atoms with Crippen molar-refractivity contribution in [2.24, 2.45) is 0 Å². The molecule has 0 heterocycles. The summed E-state index contributed by atoms with van der Waals surface area (Å²) < 4.78 is 9.79. The number of hydrogen-bond acceptors (Lipinski definition) is 4. The van der Waals surface area contributed by atoms with Crippen LogP contribution in [0.4, 0.5) is 0 Å². The summed E-state index contributed by atoms with van der Waals surface area (Å²) in [5, 5.41) is 0. The van der Waals surface area contributed by atoms with Gasteiger partial charge in [-0.1, -0.05) is 19.1 Å². The number of hydrogen-bond donors (Lipinski definition) is 0. The van der Waals surface area contributed by atoms with Crippen LogP contribution in [0.2, 0.25) is 0 Å². The molecule has 0 bridgehead atoms. The summed E-state index contributed by atoms with van der Waals surface area (Å²) in [6, 6.07) is 7.10. The Morgan fingerprint density at radius 3 is 2.61 bits per heavy atom. The van der Waals surface area contributed by atoms with Gasteiger partial charge in [0.25, 0.3) is 0 Å². The Hall–Kier alpha value is -2.10. The first kappa shape index (κ1) is 14.0. The van der Waals surface area contributed by atoms with Crippen LogP contribution in [-0.4, -0.2) is 18.5 Å². The van der Waals surface area contributed by atoms with Crippen LogP contribution in [0.25, 0.3) is 0 Å². The molecular formula is C14H16O4. The molecular weight excluding hydrogens is 232 g/mol. The predicted octanol–water partition coefficient (Wildman–Crippen LogP) is 2.41. The van der Waals surface area contributed by atoms with Crippen molar-refractivity contribution in [1.82, 2.24) is 0 Å². The molecule has 0 aromatic heterocycles. The molecule has 96 valence electrons. The second kappa shape index (κ2) is 7.27. The Kier molecular flexibility index (Phi) is 5.64. The van der Waals surface area contributed by atoms with Gasteiger partial charge in [-0.3, -0.25) is 0 Å². The van der Waals surface area contributed by atoms with E-state index >= 15 is 0 Å². The van der Waals surface area contributed by atoms with Crippen molar-refractivity contribution in [3.05, 3.63) is 42.0 Å². The monoisotopic (exact) mass is 248 g/mol. The zero-order valence-corrected chi connectivity index (χ0v) is 10.5. The van der Waals surface area contributed by atoms with Gasteiger partial charge >= 0.3 is 11.9 Å². The van der Waals surface area contributed by atoms with E-state index in [0.29, 0.717) is 12.4 Å². The first-order chi connectivity index (χ1) is 8.61. The molecule has 0 spiro atoms. The molecule has 0 aliphatic carbocycles. The Morgan fingerprint density at radius 1 is 1.22 bits per heavy atom. The lowest BCUT2D eigenvalue weighted by atomic mass is 10.2. The maximum absolute atomic E-state index is 11.4. The smallest absolute Gasteiger partial charge is 0.336 e. The number of benzene rings is 1. The van der Waals surface area contributed by atoms with Crippen molar-refractivity contribution in [2.75, 3.05) is 6.61 Å². The molecule has 0 saturated heterocycles. The number of rotatable bonds is 5. The van der Waals surface area contributed by atoms with Gasteiger partial charge in [0.2, 0.25) is 0 Å². The minimum absolute atomic E-state index is 0.343. The Morgan fingerprint density at radius 2 is 1.94 bits per heavy atom. The highest BCUT2D eigenvalue weighted by Gasteiger charge is 2.02. The van der Waals surface area contributed by atoms with Crippen LogP contribution < -0.4 is 4.74 Å². The first-order valence-corrected chi connectivity index (χ1v) is 5.75. The second-order valence-corrected chi connectivity index (χ2v) is 3.74. The molecule has 0 aliphatic heterocycles. The lowest BCUT2D eigenvalue weighted by Gasteiger charge is -2.01. The normalized spacial score (nSPS) is 10.3. The average molecular weight is 248 g/mol. The minimum atomic E-state index is -0.603. The highest BCUT2D eigenvalue weighted by Crippen LogP contribution is 2.12. The van der Waals surface area contributed by atoms with Crippen LogP contribution in [0.3, 0.4) is 0 Å². The van der Waals surface area contributed by atoms with Gasteiger partial charge < -0.3 is 9.47 Å². The highest BCUT2D eigenvalue weighted by atomic mass is 16.5. The molecule has 0 unspecified atom stereocenters. The molecule has 4 heteroatoms. The van der Waals surface area contributed by atoms with Gasteiger partial charge in [0.05, 0.1) is 6.61 Å². The highest BCUT2D eigenvalue weighted by molar-refractivity contribution is 5.92. The van der Waals surface area contributed by atoms with Crippen LogP contribution in [0.1, 0.15) is 18.9 Å². The molecule has 18 heavy (non-hydrogen) atoms. The molecule has 0 radical (unpaired) electrons. The number of esters is 2. The van der Waals surface area contributed by atoms with E-state index in [4.69, 9.17) is 9.47 Å². The second-order valence-electron chi connectivity index (χ2n) is 3.74. The van der Waals surface area contributed by atoms with Crippen LogP contribution in [0.15, 0.2) is 36.4 Å². The van der Waals surface area contributed by atoms with Crippen molar-refractivity contribution >= 4 is 11.9 Å². The van der Waals surface area contributed by atoms with Crippen molar-refractivity contribution in [3.63, 3.8) is 0 Å². The average Bonchev–Trinajstić information content (AvgIpc) is 2.34. The third-order valence-corrected chi connectivity index (χ3v) is 2.01. The van der Waals surface area contributed by atoms with Gasteiger partial charge in [0.1, 0.15) is 5.75 Å². The van der Waals surface area contributed by atoms with Crippen LogP contribution in [0.5, 0.6) is 5.75 Å². The largest absolute Gasteiger partial charge is 0.463 e. The van der Waals surface area contributed by atoms with Gasteiger partial charge in [-0.15, -0.1) is 0 Å². The third-order valence-electron chi connectivity index (χ3n) is 2.01. The minimum Gasteiger partial charge on any atom is -0.463 e. The molecule has 0 N–H and O–H groups in total. The van der Waals surface area contributed by atoms with Crippen LogP contribution in [0, 0.1) is 6.92 Å². The van der Waals surface area contributed by atoms with Crippen molar-refractivity contribution in [1.29, 1.82) is 0 Å². The fourth-order valence-electron chi connectivity index (χ4n) is 1.22. The van der Waals surface area contributed by atoms with Crippen molar-refractivity contribution < 1.29 is 19.1 Å². The first-order valence-electron chi connectivity index (χ1n) is 5.75. The molecule has 0 aliphatic rings. The van der Waals surface area contributed by atoms with Crippen molar-refractivity contribution in [2.45, 2.75) is 20.3 Å². The summed E-state index contributed by atoms with van der Waals surface area (Å²) in [6.07, 6.45) is 2.86. The maximum atomic E-state index is 11.4. The Labute approximate surface area is 106 Å². The summed E-state index contributed by atoms with van der Waals surface area (Å²) in [5.74, 6) is -0.696. The third kappa shape index (κ3) is 5.30. The number of aryl methyl sites for hydroxylation is 1. The lowest BCUT2D eigenvalue weighted by Crippen LogP contribution is -2.07.